The maximum Gasteiger partial charge on any atom is 0.300 e. The summed E-state index contributed by atoms with van der Waals surface area (Å²) in [5.74, 6) is -1.48. The number of carbonyl (C=O) groups excluding carboxylic acids is 2. The minimum atomic E-state index is -0.756. The molecule has 0 saturated carbocycles. The Morgan fingerprint density at radius 1 is 0.943 bits per heavy atom. The summed E-state index contributed by atoms with van der Waals surface area (Å²) >= 11 is 0. The number of aryl methyl sites for hydroxylation is 4. The normalized spacial score (nSPS) is 17.5. The van der Waals surface area contributed by atoms with Crippen molar-refractivity contribution in [3.05, 3.63) is 106 Å². The van der Waals surface area contributed by atoms with Gasteiger partial charge < -0.3 is 9.67 Å². The Balaban J connectivity index is 1.80. The number of aliphatic hydroxyl groups excluding tert-OH is 1. The van der Waals surface area contributed by atoms with Gasteiger partial charge in [0.15, 0.2) is 0 Å². The van der Waals surface area contributed by atoms with Crippen molar-refractivity contribution in [3.8, 4) is 0 Å². The Labute approximate surface area is 204 Å². The number of nitrogens with zero attached hydrogens (tertiary/aromatic N) is 2. The van der Waals surface area contributed by atoms with Crippen LogP contribution in [0.5, 0.6) is 0 Å². The Morgan fingerprint density at radius 3 is 2.26 bits per heavy atom. The number of fused-ring (bicyclic) bond motifs is 1. The molecule has 0 radical (unpaired) electrons. The summed E-state index contributed by atoms with van der Waals surface area (Å²) < 4.78 is 1.99. The van der Waals surface area contributed by atoms with E-state index in [9.17, 15) is 14.7 Å². The van der Waals surface area contributed by atoms with Crippen molar-refractivity contribution in [3.63, 3.8) is 0 Å². The van der Waals surface area contributed by atoms with Crippen molar-refractivity contribution in [2.24, 2.45) is 7.05 Å². The highest BCUT2D eigenvalue weighted by Crippen LogP contribution is 2.45. The summed E-state index contributed by atoms with van der Waals surface area (Å²) in [5.41, 5.74) is 6.17. The van der Waals surface area contributed by atoms with E-state index >= 15 is 0 Å². The molecule has 0 aliphatic carbocycles. The number of hydrogen-bond acceptors (Lipinski definition) is 3. The molecule has 4 aromatic rings. The highest BCUT2D eigenvalue weighted by Gasteiger charge is 2.48. The largest absolute Gasteiger partial charge is 0.507 e. The van der Waals surface area contributed by atoms with E-state index < -0.39 is 17.7 Å². The van der Waals surface area contributed by atoms with Gasteiger partial charge in [0, 0.05) is 41.0 Å². The number of amides is 1. The number of aliphatic hydroxyl groups is 1. The number of para-hydroxylation sites is 1. The van der Waals surface area contributed by atoms with Crippen molar-refractivity contribution in [1.82, 2.24) is 4.57 Å². The van der Waals surface area contributed by atoms with Crippen LogP contribution in [0.25, 0.3) is 16.7 Å². The molecular weight excluding hydrogens is 436 g/mol. The van der Waals surface area contributed by atoms with Gasteiger partial charge in [0.2, 0.25) is 0 Å². The average molecular weight is 465 g/mol. The van der Waals surface area contributed by atoms with E-state index in [-0.39, 0.29) is 11.3 Å². The van der Waals surface area contributed by atoms with Gasteiger partial charge in [-0.15, -0.1) is 0 Å². The zero-order valence-corrected chi connectivity index (χ0v) is 20.4. The summed E-state index contributed by atoms with van der Waals surface area (Å²) in [6, 6.07) is 20.5. The van der Waals surface area contributed by atoms with Gasteiger partial charge in [0.1, 0.15) is 5.76 Å². The van der Waals surface area contributed by atoms with E-state index in [1.807, 2.05) is 86.3 Å². The molecule has 176 valence electrons. The first-order chi connectivity index (χ1) is 16.8. The minimum Gasteiger partial charge on any atom is -0.507 e. The maximum atomic E-state index is 13.5. The molecule has 1 aromatic heterocycles. The predicted molar refractivity (Wildman–Crippen MR) is 139 cm³/mol. The fourth-order valence-electron chi connectivity index (χ4n) is 5.13. The molecule has 1 amide bonds. The van der Waals surface area contributed by atoms with Crippen LogP contribution in [-0.4, -0.2) is 21.4 Å². The van der Waals surface area contributed by atoms with E-state index in [0.717, 1.165) is 39.6 Å². The van der Waals surface area contributed by atoms with Gasteiger partial charge in [-0.05, 0) is 55.2 Å². The van der Waals surface area contributed by atoms with Crippen LogP contribution in [0.15, 0.2) is 78.5 Å². The first kappa shape index (κ1) is 22.7. The molecule has 2 heterocycles. The number of aromatic nitrogens is 1. The van der Waals surface area contributed by atoms with Gasteiger partial charge in [-0.3, -0.25) is 14.5 Å². The third-order valence-corrected chi connectivity index (χ3v) is 6.79. The highest BCUT2D eigenvalue weighted by atomic mass is 16.3. The third-order valence-electron chi connectivity index (χ3n) is 6.79. The molecule has 35 heavy (non-hydrogen) atoms. The maximum absolute atomic E-state index is 13.5. The van der Waals surface area contributed by atoms with E-state index in [1.54, 1.807) is 12.1 Å². The molecule has 5 nitrogen and oxygen atoms in total. The molecule has 0 spiro atoms. The first-order valence-corrected chi connectivity index (χ1v) is 11.8. The Morgan fingerprint density at radius 2 is 1.60 bits per heavy atom. The van der Waals surface area contributed by atoms with Gasteiger partial charge in [-0.1, -0.05) is 55.5 Å². The van der Waals surface area contributed by atoms with Crippen molar-refractivity contribution in [1.29, 1.82) is 0 Å². The molecule has 1 fully saturated rings. The lowest BCUT2D eigenvalue weighted by molar-refractivity contribution is -0.132. The third kappa shape index (κ3) is 3.73. The number of anilines is 1. The van der Waals surface area contributed by atoms with Crippen LogP contribution >= 0.6 is 0 Å². The zero-order valence-electron chi connectivity index (χ0n) is 20.4. The van der Waals surface area contributed by atoms with Crippen LogP contribution in [0.3, 0.4) is 0 Å². The van der Waals surface area contributed by atoms with Crippen molar-refractivity contribution < 1.29 is 14.7 Å². The zero-order chi connectivity index (χ0) is 24.9. The summed E-state index contributed by atoms with van der Waals surface area (Å²) in [6.45, 7) is 6.00. The second-order valence-electron chi connectivity index (χ2n) is 9.28. The van der Waals surface area contributed by atoms with Crippen LogP contribution in [0, 0.1) is 13.8 Å². The van der Waals surface area contributed by atoms with Gasteiger partial charge in [-0.25, -0.2) is 0 Å². The molecule has 1 aliphatic heterocycles. The van der Waals surface area contributed by atoms with Gasteiger partial charge >= 0.3 is 0 Å². The summed E-state index contributed by atoms with van der Waals surface area (Å²) in [4.78, 5) is 28.6. The van der Waals surface area contributed by atoms with Crippen molar-refractivity contribution in [2.45, 2.75) is 33.2 Å². The van der Waals surface area contributed by atoms with Crippen LogP contribution in [0.1, 0.15) is 40.8 Å². The summed E-state index contributed by atoms with van der Waals surface area (Å²) in [5, 5.41) is 12.4. The van der Waals surface area contributed by atoms with Gasteiger partial charge in [-0.2, -0.15) is 0 Å². The molecule has 1 unspecified atom stereocenters. The SMILES string of the molecule is CCc1ccc(/C(O)=C2\C(=O)C(=O)N(c3cc(C)cc(C)c3)C2c2cn(C)c3ccccc23)cc1. The number of Topliss-reactive ketones (excluding diaryl/α,β-unsaturated/α-hetero) is 1. The number of ketones is 1. The van der Waals surface area contributed by atoms with Crippen LogP contribution < -0.4 is 4.90 Å². The predicted octanol–water partition coefficient (Wildman–Crippen LogP) is 5.98. The average Bonchev–Trinajstić information content (AvgIpc) is 3.31. The lowest BCUT2D eigenvalue weighted by atomic mass is 9.94. The molecule has 5 rings (SSSR count). The molecule has 3 aromatic carbocycles. The topological polar surface area (TPSA) is 62.5 Å². The Bertz CT molecular complexity index is 1490. The lowest BCUT2D eigenvalue weighted by Crippen LogP contribution is -2.29. The summed E-state index contributed by atoms with van der Waals surface area (Å²) in [7, 11) is 1.94. The minimum absolute atomic E-state index is 0.106. The smallest absolute Gasteiger partial charge is 0.300 e. The lowest BCUT2D eigenvalue weighted by Gasteiger charge is -2.25. The monoisotopic (exact) mass is 464 g/mol. The highest BCUT2D eigenvalue weighted by molar-refractivity contribution is 6.52. The first-order valence-electron chi connectivity index (χ1n) is 11.8. The second-order valence-corrected chi connectivity index (χ2v) is 9.28. The van der Waals surface area contributed by atoms with Crippen LogP contribution in [0.4, 0.5) is 5.69 Å². The molecule has 5 heteroatoms. The standard InChI is InChI=1S/C30H28N2O3/c1-5-20-10-12-21(13-11-20)28(33)26-27(24-17-31(4)25-9-7-6-8-23(24)25)32(30(35)29(26)34)22-15-18(2)14-19(3)16-22/h6-17,27,33H,5H2,1-4H3/b28-26+. The fraction of sp³-hybridized carbons (Fsp3) is 0.200. The van der Waals surface area contributed by atoms with Gasteiger partial charge in [0.25, 0.3) is 11.7 Å². The molecule has 1 N–H and O–H groups in total. The van der Waals surface area contributed by atoms with Crippen LogP contribution in [-0.2, 0) is 23.1 Å². The molecule has 0 bridgehead atoms. The van der Waals surface area contributed by atoms with Crippen molar-refractivity contribution in [2.75, 3.05) is 4.90 Å². The Kier molecular flexibility index (Phi) is 5.56. The number of hydrogen-bond donors (Lipinski definition) is 1. The molecule has 1 atom stereocenters. The molecule has 1 saturated heterocycles. The molecule has 1 aliphatic rings. The van der Waals surface area contributed by atoms with E-state index in [2.05, 4.69) is 6.92 Å². The number of rotatable bonds is 4. The van der Waals surface area contributed by atoms with Crippen molar-refractivity contribution >= 4 is 34.0 Å². The van der Waals surface area contributed by atoms with Crippen LogP contribution in [0.2, 0.25) is 0 Å². The number of carbonyl (C=O) groups is 2. The fourth-order valence-corrected chi connectivity index (χ4v) is 5.13. The number of benzene rings is 3. The summed E-state index contributed by atoms with van der Waals surface area (Å²) in [6.07, 6.45) is 2.82. The van der Waals surface area contributed by atoms with E-state index in [4.69, 9.17) is 0 Å². The van der Waals surface area contributed by atoms with E-state index in [1.165, 1.54) is 4.90 Å². The molecular formula is C30H28N2O3. The second kappa shape index (κ2) is 8.58. The quantitative estimate of drug-likeness (QED) is 0.229. The van der Waals surface area contributed by atoms with Gasteiger partial charge in [0.05, 0.1) is 11.6 Å². The Hall–Kier alpha value is -4.12. The van der Waals surface area contributed by atoms with E-state index in [0.29, 0.717) is 11.3 Å².